The summed E-state index contributed by atoms with van der Waals surface area (Å²) in [5.41, 5.74) is 2.17. The second-order valence-corrected chi connectivity index (χ2v) is 5.47. The van der Waals surface area contributed by atoms with Crippen molar-refractivity contribution in [3.63, 3.8) is 0 Å². The molecular weight excluding hydrogens is 341 g/mol. The summed E-state index contributed by atoms with van der Waals surface area (Å²) in [6.07, 6.45) is 0. The Hall–Kier alpha value is -2.83. The predicted molar refractivity (Wildman–Crippen MR) is 107 cm³/mol. The second-order valence-electron chi connectivity index (χ2n) is 5.47. The highest BCUT2D eigenvalue weighted by atomic mass is 16.5. The molecule has 0 radical (unpaired) electrons. The Kier molecular flexibility index (Phi) is 8.35. The van der Waals surface area contributed by atoms with Gasteiger partial charge in [0.05, 0.1) is 0 Å². The van der Waals surface area contributed by atoms with Crippen molar-refractivity contribution in [2.24, 2.45) is 0 Å². The van der Waals surface area contributed by atoms with E-state index in [0.29, 0.717) is 12.5 Å². The standard InChI is InChI=1S/C19H18BNO4.C2H6/c22-20(23)17-11-12-18(24-13-15-7-3-1-4-8-15)21-19(17)25-14-16-9-5-2-6-10-16;1-2/h1-12,22-23H,13-14H2;1-2H3. The van der Waals surface area contributed by atoms with Crippen LogP contribution < -0.4 is 14.9 Å². The maximum Gasteiger partial charge on any atom is 0.494 e. The molecule has 0 fully saturated rings. The highest BCUT2D eigenvalue weighted by Gasteiger charge is 2.19. The average molecular weight is 365 g/mol. The average Bonchev–Trinajstić information content (AvgIpc) is 2.73. The van der Waals surface area contributed by atoms with Crippen molar-refractivity contribution in [2.75, 3.05) is 0 Å². The minimum Gasteiger partial charge on any atom is -0.473 e. The topological polar surface area (TPSA) is 71.8 Å². The summed E-state index contributed by atoms with van der Waals surface area (Å²) in [4.78, 5) is 4.26. The quantitative estimate of drug-likeness (QED) is 0.630. The number of aromatic nitrogens is 1. The van der Waals surface area contributed by atoms with Gasteiger partial charge in [-0.1, -0.05) is 80.6 Å². The summed E-state index contributed by atoms with van der Waals surface area (Å²) in [5.74, 6) is 0.501. The van der Waals surface area contributed by atoms with E-state index in [-0.39, 0.29) is 17.9 Å². The normalized spacial score (nSPS) is 9.78. The molecule has 0 saturated carbocycles. The molecule has 0 aliphatic rings. The van der Waals surface area contributed by atoms with Gasteiger partial charge in [0.15, 0.2) is 0 Å². The lowest BCUT2D eigenvalue weighted by molar-refractivity contribution is 0.268. The third-order valence-corrected chi connectivity index (χ3v) is 3.59. The first-order valence-corrected chi connectivity index (χ1v) is 8.93. The third kappa shape index (κ3) is 6.44. The molecule has 2 aromatic carbocycles. The third-order valence-electron chi connectivity index (χ3n) is 3.59. The van der Waals surface area contributed by atoms with Crippen molar-refractivity contribution < 1.29 is 19.5 Å². The summed E-state index contributed by atoms with van der Waals surface area (Å²) in [7, 11) is -1.67. The maximum absolute atomic E-state index is 9.50. The molecule has 1 aromatic heterocycles. The summed E-state index contributed by atoms with van der Waals surface area (Å²) < 4.78 is 11.3. The molecule has 0 atom stereocenters. The van der Waals surface area contributed by atoms with Gasteiger partial charge in [-0.2, -0.15) is 4.98 Å². The maximum atomic E-state index is 9.50. The van der Waals surface area contributed by atoms with Crippen LogP contribution in [0.15, 0.2) is 72.8 Å². The highest BCUT2D eigenvalue weighted by molar-refractivity contribution is 6.59. The minimum atomic E-state index is -1.67. The summed E-state index contributed by atoms with van der Waals surface area (Å²) >= 11 is 0. The van der Waals surface area contributed by atoms with Crippen LogP contribution in [0.1, 0.15) is 25.0 Å². The van der Waals surface area contributed by atoms with E-state index in [9.17, 15) is 10.0 Å². The highest BCUT2D eigenvalue weighted by Crippen LogP contribution is 2.15. The van der Waals surface area contributed by atoms with Crippen molar-refractivity contribution in [3.05, 3.63) is 83.9 Å². The summed E-state index contributed by atoms with van der Waals surface area (Å²) in [6, 6.07) is 22.4. The molecule has 0 aliphatic carbocycles. The van der Waals surface area contributed by atoms with Crippen molar-refractivity contribution in [3.8, 4) is 11.8 Å². The van der Waals surface area contributed by atoms with E-state index >= 15 is 0 Å². The fourth-order valence-corrected chi connectivity index (χ4v) is 2.28. The zero-order valence-corrected chi connectivity index (χ0v) is 15.6. The van der Waals surface area contributed by atoms with E-state index in [2.05, 4.69) is 4.98 Å². The number of hydrogen-bond acceptors (Lipinski definition) is 5. The predicted octanol–water partition coefficient (Wildman–Crippen LogP) is 2.95. The zero-order valence-electron chi connectivity index (χ0n) is 15.6. The van der Waals surface area contributed by atoms with Crippen LogP contribution in [-0.2, 0) is 13.2 Å². The largest absolute Gasteiger partial charge is 0.494 e. The number of nitrogens with zero attached hydrogens (tertiary/aromatic N) is 1. The van der Waals surface area contributed by atoms with Gasteiger partial charge in [0.25, 0.3) is 0 Å². The van der Waals surface area contributed by atoms with Crippen LogP contribution in [-0.4, -0.2) is 22.2 Å². The van der Waals surface area contributed by atoms with Gasteiger partial charge in [0.2, 0.25) is 11.8 Å². The smallest absolute Gasteiger partial charge is 0.473 e. The molecule has 0 bridgehead atoms. The van der Waals surface area contributed by atoms with Gasteiger partial charge in [-0.3, -0.25) is 0 Å². The van der Waals surface area contributed by atoms with Crippen LogP contribution >= 0.6 is 0 Å². The molecule has 2 N–H and O–H groups in total. The molecule has 5 nitrogen and oxygen atoms in total. The van der Waals surface area contributed by atoms with E-state index in [4.69, 9.17) is 9.47 Å². The van der Waals surface area contributed by atoms with E-state index < -0.39 is 7.12 Å². The number of hydrogen-bond donors (Lipinski definition) is 2. The SMILES string of the molecule is CC.OB(O)c1ccc(OCc2ccccc2)nc1OCc1ccccc1. The van der Waals surface area contributed by atoms with E-state index in [1.165, 1.54) is 0 Å². The van der Waals surface area contributed by atoms with Gasteiger partial charge >= 0.3 is 7.12 Å². The monoisotopic (exact) mass is 365 g/mol. The number of rotatable bonds is 7. The number of pyridine rings is 1. The molecule has 0 unspecified atom stereocenters. The first-order valence-electron chi connectivity index (χ1n) is 8.93. The molecule has 140 valence electrons. The Labute approximate surface area is 160 Å². The second kappa shape index (κ2) is 11.0. The Balaban J connectivity index is 0.00000126. The molecule has 0 amide bonds. The molecule has 1 heterocycles. The molecule has 3 aromatic rings. The Morgan fingerprint density at radius 2 is 1.26 bits per heavy atom. The Morgan fingerprint density at radius 3 is 1.78 bits per heavy atom. The van der Waals surface area contributed by atoms with E-state index in [0.717, 1.165) is 11.1 Å². The molecule has 6 heteroatoms. The zero-order chi connectivity index (χ0) is 19.5. The van der Waals surface area contributed by atoms with Gasteiger partial charge in [-0.25, -0.2) is 0 Å². The first kappa shape index (κ1) is 20.5. The molecule has 27 heavy (non-hydrogen) atoms. The van der Waals surface area contributed by atoms with Crippen LogP contribution in [0.2, 0.25) is 0 Å². The van der Waals surface area contributed by atoms with Crippen molar-refractivity contribution in [1.29, 1.82) is 0 Å². The van der Waals surface area contributed by atoms with Gasteiger partial charge < -0.3 is 19.5 Å². The van der Waals surface area contributed by atoms with Gasteiger partial charge in [-0.05, 0) is 11.1 Å². The lowest BCUT2D eigenvalue weighted by atomic mass is 9.81. The molecule has 0 aliphatic heterocycles. The van der Waals surface area contributed by atoms with Crippen LogP contribution in [0, 0.1) is 0 Å². The van der Waals surface area contributed by atoms with Crippen LogP contribution in [0.3, 0.4) is 0 Å². The molecular formula is C21H24BNO4. The lowest BCUT2D eigenvalue weighted by Gasteiger charge is -2.12. The van der Waals surface area contributed by atoms with Crippen molar-refractivity contribution in [2.45, 2.75) is 27.1 Å². The van der Waals surface area contributed by atoms with Gasteiger partial charge in [0, 0.05) is 11.5 Å². The Bertz CT molecular complexity index is 798. The van der Waals surface area contributed by atoms with E-state index in [1.54, 1.807) is 12.1 Å². The lowest BCUT2D eigenvalue weighted by Crippen LogP contribution is -2.32. The van der Waals surface area contributed by atoms with Crippen LogP contribution in [0.4, 0.5) is 0 Å². The Morgan fingerprint density at radius 1 is 0.741 bits per heavy atom. The van der Waals surface area contributed by atoms with E-state index in [1.807, 2.05) is 74.5 Å². The number of ether oxygens (including phenoxy) is 2. The van der Waals surface area contributed by atoms with Gasteiger partial charge in [-0.15, -0.1) is 0 Å². The fourth-order valence-electron chi connectivity index (χ4n) is 2.28. The van der Waals surface area contributed by atoms with Crippen molar-refractivity contribution >= 4 is 12.6 Å². The van der Waals surface area contributed by atoms with Crippen molar-refractivity contribution in [1.82, 2.24) is 4.98 Å². The summed E-state index contributed by atoms with van der Waals surface area (Å²) in [6.45, 7) is 4.64. The first-order chi connectivity index (χ1) is 13.2. The number of benzene rings is 2. The summed E-state index contributed by atoms with van der Waals surface area (Å²) in [5, 5.41) is 19.0. The molecule has 0 spiro atoms. The van der Waals surface area contributed by atoms with Gasteiger partial charge in [0.1, 0.15) is 13.2 Å². The minimum absolute atomic E-state index is 0.143. The molecule has 3 rings (SSSR count). The fraction of sp³-hybridized carbons (Fsp3) is 0.190. The molecule has 0 saturated heterocycles. The van der Waals surface area contributed by atoms with Crippen LogP contribution in [0.5, 0.6) is 11.8 Å². The van der Waals surface area contributed by atoms with Crippen LogP contribution in [0.25, 0.3) is 0 Å².